The van der Waals surface area contributed by atoms with Gasteiger partial charge < -0.3 is 19.1 Å². The molecule has 0 radical (unpaired) electrons. The molecular weight excluding hydrogens is 462 g/mol. The molecule has 1 aliphatic heterocycles. The number of amides is 1. The maximum Gasteiger partial charge on any atom is 0.232 e. The average molecular weight is 494 g/mol. The molecule has 5 nitrogen and oxygen atoms in total. The Labute approximate surface area is 212 Å². The van der Waals surface area contributed by atoms with Gasteiger partial charge in [-0.05, 0) is 92.4 Å². The quantitative estimate of drug-likeness (QED) is 0.339. The van der Waals surface area contributed by atoms with Crippen LogP contribution in [0.25, 0.3) is 0 Å². The first-order valence-corrected chi connectivity index (χ1v) is 12.4. The normalized spacial score (nSPS) is 16.1. The van der Waals surface area contributed by atoms with Crippen LogP contribution in [-0.2, 0) is 11.2 Å². The minimum Gasteiger partial charge on any atom is -0.497 e. The number of benzene rings is 3. The molecule has 3 aromatic rings. The number of fused-ring (bicyclic) bond motifs is 1. The summed E-state index contributed by atoms with van der Waals surface area (Å²) in [6.45, 7) is 8.11. The van der Waals surface area contributed by atoms with Crippen molar-refractivity contribution in [3.63, 3.8) is 0 Å². The molecule has 0 fully saturated rings. The monoisotopic (exact) mass is 493 g/mol. The van der Waals surface area contributed by atoms with Crippen molar-refractivity contribution in [2.75, 3.05) is 12.0 Å². The summed E-state index contributed by atoms with van der Waals surface area (Å²) in [5.74, 6) is 2.10. The van der Waals surface area contributed by atoms with Gasteiger partial charge in [0.1, 0.15) is 5.75 Å². The Morgan fingerprint density at radius 2 is 1.63 bits per heavy atom. The second-order valence-electron chi connectivity index (χ2n) is 9.09. The minimum atomic E-state index is -0.343. The molecule has 3 aromatic carbocycles. The molecule has 6 heteroatoms. The number of ether oxygens (including phenoxy) is 3. The smallest absolute Gasteiger partial charge is 0.232 e. The SMILES string of the molecule is CC[C@@H](C)Oc1cc2c(cc1OC(C)C)CC(=O)N(c1ccc(OC)cc1)C2c1ccc(Cl)cc1. The summed E-state index contributed by atoms with van der Waals surface area (Å²) in [6.07, 6.45) is 1.15. The van der Waals surface area contributed by atoms with Gasteiger partial charge in [0.25, 0.3) is 0 Å². The molecule has 0 saturated heterocycles. The van der Waals surface area contributed by atoms with Gasteiger partial charge in [0, 0.05) is 10.7 Å². The van der Waals surface area contributed by atoms with E-state index in [-0.39, 0.29) is 30.6 Å². The molecule has 0 saturated carbocycles. The molecule has 1 amide bonds. The van der Waals surface area contributed by atoms with Crippen molar-refractivity contribution in [2.24, 2.45) is 0 Å². The number of hydrogen-bond acceptors (Lipinski definition) is 4. The van der Waals surface area contributed by atoms with Crippen LogP contribution in [0.15, 0.2) is 60.7 Å². The highest BCUT2D eigenvalue weighted by molar-refractivity contribution is 6.30. The van der Waals surface area contributed by atoms with E-state index < -0.39 is 0 Å². The Hall–Kier alpha value is -3.18. The number of hydrogen-bond donors (Lipinski definition) is 0. The number of halogens is 1. The van der Waals surface area contributed by atoms with Crippen LogP contribution in [0.3, 0.4) is 0 Å². The van der Waals surface area contributed by atoms with Gasteiger partial charge in [0.2, 0.25) is 5.91 Å². The van der Waals surface area contributed by atoms with E-state index in [4.69, 9.17) is 25.8 Å². The maximum absolute atomic E-state index is 13.6. The number of carbonyl (C=O) groups excluding carboxylic acids is 1. The third-order valence-corrected chi connectivity index (χ3v) is 6.42. The molecule has 35 heavy (non-hydrogen) atoms. The van der Waals surface area contributed by atoms with E-state index in [2.05, 4.69) is 6.92 Å². The van der Waals surface area contributed by atoms with E-state index in [1.807, 2.05) is 86.3 Å². The van der Waals surface area contributed by atoms with Crippen molar-refractivity contribution in [3.05, 3.63) is 82.4 Å². The summed E-state index contributed by atoms with van der Waals surface area (Å²) < 4.78 is 17.7. The lowest BCUT2D eigenvalue weighted by Crippen LogP contribution is -2.41. The number of nitrogens with zero attached hydrogens (tertiary/aromatic N) is 1. The number of anilines is 1. The zero-order valence-corrected chi connectivity index (χ0v) is 21.6. The van der Waals surface area contributed by atoms with Crippen LogP contribution in [-0.4, -0.2) is 25.2 Å². The maximum atomic E-state index is 13.6. The first kappa shape index (κ1) is 24.9. The third-order valence-electron chi connectivity index (χ3n) is 6.17. The first-order valence-electron chi connectivity index (χ1n) is 12.0. The van der Waals surface area contributed by atoms with Gasteiger partial charge in [-0.3, -0.25) is 4.79 Å². The van der Waals surface area contributed by atoms with E-state index >= 15 is 0 Å². The Bertz CT molecular complexity index is 1170. The molecule has 0 aromatic heterocycles. The Morgan fingerprint density at radius 1 is 0.971 bits per heavy atom. The summed E-state index contributed by atoms with van der Waals surface area (Å²) in [5, 5.41) is 0.647. The summed E-state index contributed by atoms with van der Waals surface area (Å²) >= 11 is 6.20. The van der Waals surface area contributed by atoms with Crippen molar-refractivity contribution in [3.8, 4) is 17.2 Å². The molecule has 1 heterocycles. The number of carbonyl (C=O) groups is 1. The topological polar surface area (TPSA) is 48.0 Å². The predicted molar refractivity (Wildman–Crippen MR) is 140 cm³/mol. The molecule has 184 valence electrons. The first-order chi connectivity index (χ1) is 16.8. The van der Waals surface area contributed by atoms with E-state index in [0.717, 1.165) is 34.5 Å². The standard InChI is InChI=1S/C29H32ClNO4/c1-6-19(4)35-27-17-25-21(15-26(27)34-18(2)3)16-28(32)31(23-11-13-24(33-5)14-12-23)29(25)20-7-9-22(30)10-8-20/h7-15,17-19,29H,6,16H2,1-5H3/t19-,29?/m1/s1. The fraction of sp³-hybridized carbons (Fsp3) is 0.345. The molecule has 0 spiro atoms. The lowest BCUT2D eigenvalue weighted by atomic mass is 9.86. The van der Waals surface area contributed by atoms with E-state index in [1.54, 1.807) is 7.11 Å². The van der Waals surface area contributed by atoms with Crippen LogP contribution in [0.4, 0.5) is 5.69 Å². The summed E-state index contributed by atoms with van der Waals surface area (Å²) in [7, 11) is 1.63. The summed E-state index contributed by atoms with van der Waals surface area (Å²) in [4.78, 5) is 15.4. The zero-order valence-electron chi connectivity index (χ0n) is 20.9. The lowest BCUT2D eigenvalue weighted by Gasteiger charge is -2.38. The molecule has 0 aliphatic carbocycles. The van der Waals surface area contributed by atoms with Crippen molar-refractivity contribution in [1.82, 2.24) is 0 Å². The average Bonchev–Trinajstić information content (AvgIpc) is 2.84. The lowest BCUT2D eigenvalue weighted by molar-refractivity contribution is -0.118. The molecule has 1 aliphatic rings. The fourth-order valence-electron chi connectivity index (χ4n) is 4.30. The predicted octanol–water partition coefficient (Wildman–Crippen LogP) is 6.99. The van der Waals surface area contributed by atoms with E-state index in [1.165, 1.54) is 0 Å². The van der Waals surface area contributed by atoms with E-state index in [9.17, 15) is 4.79 Å². The van der Waals surface area contributed by atoms with Crippen LogP contribution in [0.5, 0.6) is 17.2 Å². The highest BCUT2D eigenvalue weighted by Gasteiger charge is 2.36. The molecule has 0 N–H and O–H groups in total. The molecule has 2 atom stereocenters. The van der Waals surface area contributed by atoms with Gasteiger partial charge >= 0.3 is 0 Å². The second kappa shape index (κ2) is 10.6. The Kier molecular flexibility index (Phi) is 7.56. The largest absolute Gasteiger partial charge is 0.497 e. The van der Waals surface area contributed by atoms with Gasteiger partial charge in [-0.2, -0.15) is 0 Å². The highest BCUT2D eigenvalue weighted by atomic mass is 35.5. The fourth-order valence-corrected chi connectivity index (χ4v) is 4.43. The Morgan fingerprint density at radius 3 is 2.23 bits per heavy atom. The Balaban J connectivity index is 1.89. The van der Waals surface area contributed by atoms with Crippen molar-refractivity contribution >= 4 is 23.2 Å². The van der Waals surface area contributed by atoms with Crippen molar-refractivity contribution in [2.45, 2.75) is 58.8 Å². The highest BCUT2D eigenvalue weighted by Crippen LogP contribution is 2.44. The van der Waals surface area contributed by atoms with E-state index in [0.29, 0.717) is 16.5 Å². The molecule has 4 rings (SSSR count). The molecular formula is C29H32ClNO4. The zero-order chi connectivity index (χ0) is 25.1. The van der Waals surface area contributed by atoms with Crippen LogP contribution in [0.1, 0.15) is 56.8 Å². The van der Waals surface area contributed by atoms with Crippen LogP contribution < -0.4 is 19.1 Å². The molecule has 1 unspecified atom stereocenters. The summed E-state index contributed by atoms with van der Waals surface area (Å²) in [5.41, 5.74) is 3.71. The van der Waals surface area contributed by atoms with Gasteiger partial charge in [0.15, 0.2) is 11.5 Å². The van der Waals surface area contributed by atoms with Crippen LogP contribution in [0, 0.1) is 0 Å². The number of methoxy groups -OCH3 is 1. The second-order valence-corrected chi connectivity index (χ2v) is 9.53. The van der Waals surface area contributed by atoms with Crippen molar-refractivity contribution < 1.29 is 19.0 Å². The van der Waals surface area contributed by atoms with Crippen LogP contribution >= 0.6 is 11.6 Å². The van der Waals surface area contributed by atoms with Gasteiger partial charge in [0.05, 0.1) is 31.8 Å². The number of rotatable bonds is 8. The van der Waals surface area contributed by atoms with Gasteiger partial charge in [-0.15, -0.1) is 0 Å². The summed E-state index contributed by atoms with van der Waals surface area (Å²) in [6, 6.07) is 18.9. The van der Waals surface area contributed by atoms with Crippen molar-refractivity contribution in [1.29, 1.82) is 0 Å². The third kappa shape index (κ3) is 5.40. The minimum absolute atomic E-state index is 0.00806. The van der Waals surface area contributed by atoms with Gasteiger partial charge in [-0.1, -0.05) is 30.7 Å². The molecule has 0 bridgehead atoms. The van der Waals surface area contributed by atoms with Crippen LogP contribution in [0.2, 0.25) is 5.02 Å². The van der Waals surface area contributed by atoms with Gasteiger partial charge in [-0.25, -0.2) is 0 Å².